The molecule has 0 amide bonds. The van der Waals surface area contributed by atoms with Crippen molar-refractivity contribution < 1.29 is 32.5 Å². The molecule has 1 aromatic rings. The van der Waals surface area contributed by atoms with Crippen LogP contribution in [0, 0.1) is 0 Å². The molecular weight excluding hydrogens is 477 g/mol. The zero-order valence-electron chi connectivity index (χ0n) is 22.6. The van der Waals surface area contributed by atoms with Crippen LogP contribution in [0.4, 0.5) is 0 Å². The molecule has 3 unspecified atom stereocenters. The van der Waals surface area contributed by atoms with Gasteiger partial charge in [0.15, 0.2) is 25.2 Å². The summed E-state index contributed by atoms with van der Waals surface area (Å²) >= 11 is 0. The Balaban J connectivity index is 1.36. The molecule has 1 N–H and O–H groups in total. The van der Waals surface area contributed by atoms with Gasteiger partial charge in [-0.25, -0.2) is 9.13 Å². The minimum absolute atomic E-state index is 0.0123. The van der Waals surface area contributed by atoms with Gasteiger partial charge >= 0.3 is 7.82 Å². The Labute approximate surface area is 219 Å². The van der Waals surface area contributed by atoms with Crippen LogP contribution in [0.25, 0.3) is 0 Å². The molecule has 208 valence electrons. The molecular formula is C28H51NO6P+. The SMILES string of the molecule is CCCCCCCCCCCCCCCCCC1OCC(COP(=O)(O)OCC[n+]2ccccc2)O1. The highest BCUT2D eigenvalue weighted by molar-refractivity contribution is 7.47. The van der Waals surface area contributed by atoms with E-state index in [1.54, 1.807) is 0 Å². The lowest BCUT2D eigenvalue weighted by atomic mass is 10.0. The van der Waals surface area contributed by atoms with Crippen LogP contribution in [0.2, 0.25) is 0 Å². The van der Waals surface area contributed by atoms with Crippen molar-refractivity contribution in [3.05, 3.63) is 30.6 Å². The summed E-state index contributed by atoms with van der Waals surface area (Å²) in [6.07, 6.45) is 24.2. The fraction of sp³-hybridized carbons (Fsp3) is 0.821. The van der Waals surface area contributed by atoms with E-state index in [1.165, 1.54) is 89.9 Å². The number of nitrogens with zero attached hydrogens (tertiary/aromatic N) is 1. The predicted octanol–water partition coefficient (Wildman–Crippen LogP) is 7.11. The van der Waals surface area contributed by atoms with E-state index in [-0.39, 0.29) is 25.6 Å². The number of aromatic nitrogens is 1. The van der Waals surface area contributed by atoms with Crippen molar-refractivity contribution in [2.24, 2.45) is 0 Å². The molecule has 2 heterocycles. The molecule has 1 aromatic heterocycles. The molecule has 0 bridgehead atoms. The van der Waals surface area contributed by atoms with E-state index in [2.05, 4.69) is 6.92 Å². The summed E-state index contributed by atoms with van der Waals surface area (Å²) in [4.78, 5) is 9.88. The molecule has 0 radical (unpaired) electrons. The van der Waals surface area contributed by atoms with E-state index in [0.29, 0.717) is 13.2 Å². The van der Waals surface area contributed by atoms with Crippen LogP contribution in [-0.4, -0.2) is 37.1 Å². The third-order valence-corrected chi connectivity index (χ3v) is 7.64. The Hall–Kier alpha value is -0.820. The molecule has 1 saturated heterocycles. The van der Waals surface area contributed by atoms with Crippen LogP contribution < -0.4 is 4.57 Å². The van der Waals surface area contributed by atoms with Gasteiger partial charge < -0.3 is 14.4 Å². The number of unbranched alkanes of at least 4 members (excludes halogenated alkanes) is 14. The maximum absolute atomic E-state index is 12.1. The molecule has 36 heavy (non-hydrogen) atoms. The minimum atomic E-state index is -4.10. The fourth-order valence-electron chi connectivity index (χ4n) is 4.49. The van der Waals surface area contributed by atoms with Crippen LogP contribution in [0.1, 0.15) is 110 Å². The quantitative estimate of drug-likeness (QED) is 0.0926. The van der Waals surface area contributed by atoms with Gasteiger partial charge in [-0.15, -0.1) is 0 Å². The number of phosphoric acid groups is 1. The molecule has 1 fully saturated rings. The van der Waals surface area contributed by atoms with E-state index >= 15 is 0 Å². The van der Waals surface area contributed by atoms with Gasteiger partial charge in [-0.05, 0) is 12.8 Å². The van der Waals surface area contributed by atoms with Gasteiger partial charge in [0.2, 0.25) is 0 Å². The molecule has 0 aromatic carbocycles. The first kappa shape index (κ1) is 31.4. The van der Waals surface area contributed by atoms with Crippen LogP contribution in [0.5, 0.6) is 0 Å². The van der Waals surface area contributed by atoms with E-state index in [9.17, 15) is 9.46 Å². The van der Waals surface area contributed by atoms with Crippen molar-refractivity contribution in [3.63, 3.8) is 0 Å². The Morgan fingerprint density at radius 2 is 1.39 bits per heavy atom. The van der Waals surface area contributed by atoms with Gasteiger partial charge in [0.1, 0.15) is 12.7 Å². The second kappa shape index (κ2) is 20.2. The van der Waals surface area contributed by atoms with Gasteiger partial charge in [-0.1, -0.05) is 103 Å². The standard InChI is InChI=1S/C28H50NO6P/c1-2-3-4-5-6-7-8-9-10-11-12-13-14-15-17-20-28-32-25-27(35-28)26-34-36(30,31)33-24-23-29-21-18-16-19-22-29/h16,18-19,21-22,27-28H,2-15,17,20,23-26H2,1H3/p+1. The molecule has 0 saturated carbocycles. The van der Waals surface area contributed by atoms with Crippen molar-refractivity contribution in [1.29, 1.82) is 0 Å². The average Bonchev–Trinajstić information content (AvgIpc) is 3.34. The van der Waals surface area contributed by atoms with Crippen molar-refractivity contribution in [3.8, 4) is 0 Å². The van der Waals surface area contributed by atoms with Crippen LogP contribution in [-0.2, 0) is 29.6 Å². The molecule has 1 aliphatic rings. The first-order valence-corrected chi connectivity index (χ1v) is 15.9. The van der Waals surface area contributed by atoms with Gasteiger partial charge in [-0.3, -0.25) is 9.05 Å². The minimum Gasteiger partial charge on any atom is -0.350 e. The number of rotatable bonds is 23. The van der Waals surface area contributed by atoms with Crippen LogP contribution in [0.3, 0.4) is 0 Å². The second-order valence-electron chi connectivity index (χ2n) is 9.97. The Kier molecular flexibility index (Phi) is 17.6. The zero-order valence-corrected chi connectivity index (χ0v) is 23.5. The largest absolute Gasteiger partial charge is 0.472 e. The van der Waals surface area contributed by atoms with E-state index in [1.807, 2.05) is 35.2 Å². The Morgan fingerprint density at radius 1 is 0.833 bits per heavy atom. The Bertz CT molecular complexity index is 692. The first-order chi connectivity index (χ1) is 17.6. The summed E-state index contributed by atoms with van der Waals surface area (Å²) in [6, 6.07) is 5.69. The normalized spacial score (nSPS) is 19.5. The highest BCUT2D eigenvalue weighted by Crippen LogP contribution is 2.43. The Morgan fingerprint density at radius 3 is 1.97 bits per heavy atom. The first-order valence-electron chi connectivity index (χ1n) is 14.4. The summed E-state index contributed by atoms with van der Waals surface area (Å²) in [5.41, 5.74) is 0. The molecule has 0 aliphatic carbocycles. The van der Waals surface area contributed by atoms with Crippen molar-refractivity contribution in [2.75, 3.05) is 19.8 Å². The topological polar surface area (TPSA) is 78.1 Å². The molecule has 0 spiro atoms. The summed E-state index contributed by atoms with van der Waals surface area (Å²) < 4.78 is 35.6. The second-order valence-corrected chi connectivity index (χ2v) is 11.4. The summed E-state index contributed by atoms with van der Waals surface area (Å²) in [5.74, 6) is 0. The van der Waals surface area contributed by atoms with Gasteiger partial charge in [-0.2, -0.15) is 0 Å². The third kappa shape index (κ3) is 16.1. The predicted molar refractivity (Wildman–Crippen MR) is 143 cm³/mol. The number of pyridine rings is 1. The van der Waals surface area contributed by atoms with Crippen LogP contribution in [0.15, 0.2) is 30.6 Å². The molecule has 2 rings (SSSR count). The van der Waals surface area contributed by atoms with E-state index < -0.39 is 7.82 Å². The lowest BCUT2D eigenvalue weighted by Gasteiger charge is -2.14. The van der Waals surface area contributed by atoms with Crippen molar-refractivity contribution in [2.45, 2.75) is 129 Å². The lowest BCUT2D eigenvalue weighted by molar-refractivity contribution is -0.697. The van der Waals surface area contributed by atoms with Gasteiger partial charge in [0.05, 0.1) is 13.2 Å². The maximum atomic E-state index is 12.1. The van der Waals surface area contributed by atoms with Crippen molar-refractivity contribution >= 4 is 7.82 Å². The molecule has 7 nitrogen and oxygen atoms in total. The van der Waals surface area contributed by atoms with Gasteiger partial charge in [0.25, 0.3) is 0 Å². The fourth-order valence-corrected chi connectivity index (χ4v) is 5.23. The maximum Gasteiger partial charge on any atom is 0.472 e. The summed E-state index contributed by atoms with van der Waals surface area (Å²) in [6.45, 7) is 3.20. The number of hydrogen-bond donors (Lipinski definition) is 1. The number of ether oxygens (including phenoxy) is 2. The third-order valence-electron chi connectivity index (χ3n) is 6.66. The zero-order chi connectivity index (χ0) is 25.7. The molecule has 1 aliphatic heterocycles. The lowest BCUT2D eigenvalue weighted by Crippen LogP contribution is -2.34. The average molecular weight is 529 g/mol. The van der Waals surface area contributed by atoms with E-state index in [4.69, 9.17) is 18.5 Å². The summed E-state index contributed by atoms with van der Waals surface area (Å²) in [7, 11) is -4.10. The van der Waals surface area contributed by atoms with Crippen molar-refractivity contribution in [1.82, 2.24) is 0 Å². The summed E-state index contributed by atoms with van der Waals surface area (Å²) in [5, 5.41) is 0. The highest BCUT2D eigenvalue weighted by Gasteiger charge is 2.30. The van der Waals surface area contributed by atoms with Gasteiger partial charge in [0, 0.05) is 12.1 Å². The monoisotopic (exact) mass is 528 g/mol. The highest BCUT2D eigenvalue weighted by atomic mass is 31.2. The van der Waals surface area contributed by atoms with E-state index in [0.717, 1.165) is 12.8 Å². The molecule has 8 heteroatoms. The molecule has 3 atom stereocenters. The smallest absolute Gasteiger partial charge is 0.350 e. The number of phosphoric ester groups is 1. The van der Waals surface area contributed by atoms with Crippen LogP contribution >= 0.6 is 7.82 Å². The number of hydrogen-bond acceptors (Lipinski definition) is 5.